The molecule has 25 heavy (non-hydrogen) atoms. The van der Waals surface area contributed by atoms with Gasteiger partial charge in [0, 0.05) is 0 Å². The fourth-order valence-electron chi connectivity index (χ4n) is 3.72. The van der Waals surface area contributed by atoms with Crippen LogP contribution in [0.25, 0.3) is 0 Å². The van der Waals surface area contributed by atoms with Crippen molar-refractivity contribution in [3.8, 4) is 0 Å². The molecule has 1 N–H and O–H groups in total. The van der Waals surface area contributed by atoms with Crippen LogP contribution in [0.2, 0.25) is 4.82 Å². The number of aliphatic hydroxyl groups is 1. The number of carbonyl (C=O) groups is 1. The Kier molecular flexibility index (Phi) is 4.65. The zero-order valence-corrected chi connectivity index (χ0v) is 15.6. The van der Waals surface area contributed by atoms with Gasteiger partial charge >= 0.3 is 154 Å². The van der Waals surface area contributed by atoms with Crippen molar-refractivity contribution in [3.63, 3.8) is 0 Å². The summed E-state index contributed by atoms with van der Waals surface area (Å²) in [4.78, 5) is 15.0. The van der Waals surface area contributed by atoms with E-state index in [4.69, 9.17) is 4.74 Å². The third-order valence-electron chi connectivity index (χ3n) is 4.95. The predicted molar refractivity (Wildman–Crippen MR) is 96.7 cm³/mol. The Morgan fingerprint density at radius 1 is 1.12 bits per heavy atom. The van der Waals surface area contributed by atoms with Gasteiger partial charge in [0.2, 0.25) is 0 Å². The summed E-state index contributed by atoms with van der Waals surface area (Å²) in [5.41, 5.74) is 0.0215. The van der Waals surface area contributed by atoms with Crippen LogP contribution < -0.4 is 4.46 Å². The van der Waals surface area contributed by atoms with E-state index in [1.165, 1.54) is 4.46 Å². The van der Waals surface area contributed by atoms with Crippen LogP contribution in [0.1, 0.15) is 12.0 Å². The maximum absolute atomic E-state index is 13.2. The number of amides is 1. The molecule has 0 saturated carbocycles. The van der Waals surface area contributed by atoms with E-state index in [2.05, 4.69) is 12.1 Å². The number of nitrogens with zero attached hydrogens (tertiary/aromatic N) is 1. The van der Waals surface area contributed by atoms with E-state index < -0.39 is 11.7 Å². The number of β-amino-alcohol motifs (C(OH)–C–C–N with tert-alkyl or cyclic N) is 1. The predicted octanol–water partition coefficient (Wildman–Crippen LogP) is 1.37. The maximum atomic E-state index is 13.2. The first-order chi connectivity index (χ1) is 12.2. The molecule has 0 aromatic heterocycles. The van der Waals surface area contributed by atoms with Crippen molar-refractivity contribution in [1.29, 1.82) is 0 Å². The van der Waals surface area contributed by atoms with Gasteiger partial charge in [-0.25, -0.2) is 0 Å². The molecule has 0 aliphatic carbocycles. The van der Waals surface area contributed by atoms with E-state index in [0.29, 0.717) is 19.7 Å². The standard InChI is InChI=1S/C20H21NO3Se/c22-17-14-21(13-15-7-3-1-4-8-15)19(23)20(17)18(11-12-24-20)25-16-9-5-2-6-10-16/h1-10,17-18,22H,11-14H2/t17-,18-,20-/m1/s1. The summed E-state index contributed by atoms with van der Waals surface area (Å²) in [7, 11) is 0. The van der Waals surface area contributed by atoms with Gasteiger partial charge < -0.3 is 0 Å². The molecule has 2 aromatic carbocycles. The van der Waals surface area contributed by atoms with Crippen molar-refractivity contribution in [2.24, 2.45) is 0 Å². The van der Waals surface area contributed by atoms with Crippen LogP contribution in [-0.2, 0) is 16.1 Å². The molecule has 2 aliphatic rings. The number of likely N-dealkylation sites (tertiary alicyclic amines) is 1. The minimum absolute atomic E-state index is 0.0517. The first-order valence-electron chi connectivity index (χ1n) is 8.57. The second-order valence-electron chi connectivity index (χ2n) is 6.54. The van der Waals surface area contributed by atoms with Gasteiger partial charge in [0.05, 0.1) is 0 Å². The van der Waals surface area contributed by atoms with Gasteiger partial charge in [-0.05, 0) is 0 Å². The molecular weight excluding hydrogens is 381 g/mol. The molecule has 0 radical (unpaired) electrons. The van der Waals surface area contributed by atoms with E-state index in [9.17, 15) is 9.90 Å². The minimum atomic E-state index is -1.05. The first-order valence-corrected chi connectivity index (χ1v) is 10.4. The molecule has 1 spiro atoms. The molecule has 2 heterocycles. The fourth-order valence-corrected chi connectivity index (χ4v) is 6.57. The Morgan fingerprint density at radius 3 is 2.52 bits per heavy atom. The van der Waals surface area contributed by atoms with Crippen molar-refractivity contribution < 1.29 is 14.6 Å². The van der Waals surface area contributed by atoms with Crippen LogP contribution in [0, 0.1) is 0 Å². The topological polar surface area (TPSA) is 49.8 Å². The van der Waals surface area contributed by atoms with Crippen LogP contribution in [0.5, 0.6) is 0 Å². The van der Waals surface area contributed by atoms with Gasteiger partial charge in [0.1, 0.15) is 0 Å². The summed E-state index contributed by atoms with van der Waals surface area (Å²) in [6.45, 7) is 1.41. The fraction of sp³-hybridized carbons (Fsp3) is 0.350. The van der Waals surface area contributed by atoms with Crippen LogP contribution in [0.3, 0.4) is 0 Å². The van der Waals surface area contributed by atoms with E-state index in [1.54, 1.807) is 4.90 Å². The van der Waals surface area contributed by atoms with Gasteiger partial charge in [0.25, 0.3) is 0 Å². The van der Waals surface area contributed by atoms with Gasteiger partial charge in [-0.2, -0.15) is 0 Å². The SMILES string of the molecule is O=C1N(Cc2ccccc2)C[C@@H](O)[C@]12OCC[C@H]2[Se]c1ccccc1. The molecule has 130 valence electrons. The number of benzene rings is 2. The molecule has 4 nitrogen and oxygen atoms in total. The summed E-state index contributed by atoms with van der Waals surface area (Å²) < 4.78 is 7.20. The van der Waals surface area contributed by atoms with Crippen molar-refractivity contribution in [2.75, 3.05) is 13.2 Å². The molecular formula is C20H21NO3Se. The van der Waals surface area contributed by atoms with E-state index in [-0.39, 0.29) is 25.7 Å². The number of carbonyl (C=O) groups excluding carboxylic acids is 1. The van der Waals surface area contributed by atoms with E-state index in [1.807, 2.05) is 48.5 Å². The number of hydrogen-bond donors (Lipinski definition) is 1. The Balaban J connectivity index is 1.56. The van der Waals surface area contributed by atoms with Crippen molar-refractivity contribution >= 4 is 25.3 Å². The van der Waals surface area contributed by atoms with Crippen LogP contribution in [-0.4, -0.2) is 55.7 Å². The molecule has 2 aliphatic heterocycles. The molecule has 0 unspecified atom stereocenters. The third kappa shape index (κ3) is 3.02. The molecule has 3 atom stereocenters. The zero-order chi connectivity index (χ0) is 17.3. The molecule has 5 heteroatoms. The van der Waals surface area contributed by atoms with Crippen molar-refractivity contribution in [2.45, 2.75) is 29.5 Å². The summed E-state index contributed by atoms with van der Waals surface area (Å²) in [5.74, 6) is -0.0517. The summed E-state index contributed by atoms with van der Waals surface area (Å²) in [5, 5.41) is 10.8. The number of ether oxygens (including phenoxy) is 1. The summed E-state index contributed by atoms with van der Waals surface area (Å²) in [6.07, 6.45) is 0.0680. The van der Waals surface area contributed by atoms with E-state index >= 15 is 0 Å². The molecule has 2 aromatic rings. The Hall–Kier alpha value is -1.65. The first kappa shape index (κ1) is 16.8. The second-order valence-corrected chi connectivity index (χ2v) is 9.21. The van der Waals surface area contributed by atoms with Crippen molar-refractivity contribution in [3.05, 3.63) is 66.2 Å². The molecule has 2 fully saturated rings. The number of hydrogen-bond acceptors (Lipinski definition) is 3. The third-order valence-corrected chi connectivity index (χ3v) is 7.92. The van der Waals surface area contributed by atoms with Gasteiger partial charge in [-0.3, -0.25) is 0 Å². The average molecular weight is 402 g/mol. The van der Waals surface area contributed by atoms with Crippen LogP contribution in [0.15, 0.2) is 60.7 Å². The quantitative estimate of drug-likeness (QED) is 0.786. The van der Waals surface area contributed by atoms with Gasteiger partial charge in [-0.15, -0.1) is 0 Å². The average Bonchev–Trinajstić information content (AvgIpc) is 3.15. The molecule has 2 saturated heterocycles. The summed E-state index contributed by atoms with van der Waals surface area (Å²) >= 11 is 0.0944. The molecule has 4 rings (SSSR count). The zero-order valence-electron chi connectivity index (χ0n) is 13.9. The second kappa shape index (κ2) is 6.93. The Morgan fingerprint density at radius 2 is 1.80 bits per heavy atom. The van der Waals surface area contributed by atoms with Gasteiger partial charge in [-0.1, -0.05) is 0 Å². The molecule has 0 bridgehead atoms. The number of rotatable bonds is 4. The van der Waals surface area contributed by atoms with Crippen LogP contribution in [0.4, 0.5) is 0 Å². The normalized spacial score (nSPS) is 28.8. The Bertz CT molecular complexity index is 739. The van der Waals surface area contributed by atoms with Crippen LogP contribution >= 0.6 is 0 Å². The number of aliphatic hydroxyl groups excluding tert-OH is 1. The van der Waals surface area contributed by atoms with Gasteiger partial charge in [0.15, 0.2) is 0 Å². The molecule has 1 amide bonds. The van der Waals surface area contributed by atoms with E-state index in [0.717, 1.165) is 12.0 Å². The van der Waals surface area contributed by atoms with Crippen molar-refractivity contribution in [1.82, 2.24) is 4.90 Å². The Labute approximate surface area is 154 Å². The monoisotopic (exact) mass is 403 g/mol. The summed E-state index contributed by atoms with van der Waals surface area (Å²) in [6, 6.07) is 20.1.